The minimum atomic E-state index is -0.869. The fraction of sp³-hybridized carbons (Fsp3) is 0.824. The molecule has 0 fully saturated rings. The van der Waals surface area contributed by atoms with E-state index in [1.165, 1.54) is 193 Å². The monoisotopic (exact) mass is 770 g/mol. The van der Waals surface area contributed by atoms with Gasteiger partial charge in [0.2, 0.25) is 5.91 Å². The molecule has 0 radical (unpaired) electrons. The molecule has 0 rings (SSSR count). The summed E-state index contributed by atoms with van der Waals surface area (Å²) in [6.45, 7) is 4.27. The Morgan fingerprint density at radius 1 is 0.418 bits per heavy atom. The molecule has 322 valence electrons. The van der Waals surface area contributed by atoms with Crippen LogP contribution in [-0.2, 0) is 4.79 Å². The first kappa shape index (κ1) is 53.4. The van der Waals surface area contributed by atoms with Crippen LogP contribution in [0.3, 0.4) is 0 Å². The zero-order valence-corrected chi connectivity index (χ0v) is 36.9. The number of rotatable bonds is 44. The summed E-state index contributed by atoms with van der Waals surface area (Å²) in [6, 6.07) is -0.644. The molecule has 0 bridgehead atoms. The highest BCUT2D eigenvalue weighted by Crippen LogP contribution is 2.15. The maximum absolute atomic E-state index is 12.4. The predicted octanol–water partition coefficient (Wildman–Crippen LogP) is 15.5. The average molecular weight is 770 g/mol. The van der Waals surface area contributed by atoms with Crippen molar-refractivity contribution >= 4 is 5.91 Å². The van der Waals surface area contributed by atoms with E-state index in [1.807, 2.05) is 6.08 Å². The zero-order valence-electron chi connectivity index (χ0n) is 36.9. The first-order chi connectivity index (χ1) is 27.2. The van der Waals surface area contributed by atoms with Gasteiger partial charge in [-0.15, -0.1) is 0 Å². The standard InChI is InChI=1S/C51H95NO3/c1-3-5-7-9-11-13-15-17-18-19-20-21-22-23-24-25-26-27-28-29-30-31-32-33-35-37-39-41-43-45-47-51(55)52-49(48-53)50(54)46-44-42-40-38-36-34-16-14-12-10-8-6-4-2/h12,14,23-24,36,38,44,46,49-50,53-54H,3-11,13,15-22,25-35,37,39-43,45,47-48H2,1-2H3,(H,52,55)/b14-12+,24-23-,38-36+,46-44+. The number of aliphatic hydroxyl groups excluding tert-OH is 2. The van der Waals surface area contributed by atoms with Crippen molar-refractivity contribution in [2.45, 2.75) is 264 Å². The lowest BCUT2D eigenvalue weighted by Crippen LogP contribution is -2.45. The van der Waals surface area contributed by atoms with Gasteiger partial charge in [0.25, 0.3) is 0 Å². The molecule has 0 aromatic heterocycles. The second-order valence-electron chi connectivity index (χ2n) is 16.5. The first-order valence-corrected chi connectivity index (χ1v) is 24.4. The minimum Gasteiger partial charge on any atom is -0.394 e. The van der Waals surface area contributed by atoms with Crippen LogP contribution in [0.15, 0.2) is 48.6 Å². The number of amides is 1. The van der Waals surface area contributed by atoms with Gasteiger partial charge in [-0.1, -0.05) is 223 Å². The van der Waals surface area contributed by atoms with Crippen molar-refractivity contribution in [1.82, 2.24) is 5.32 Å². The van der Waals surface area contributed by atoms with Crippen molar-refractivity contribution in [3.8, 4) is 0 Å². The molecule has 2 atom stereocenters. The molecule has 4 heteroatoms. The Bertz CT molecular complexity index is 877. The largest absolute Gasteiger partial charge is 0.394 e. The van der Waals surface area contributed by atoms with Crippen LogP contribution >= 0.6 is 0 Å². The predicted molar refractivity (Wildman–Crippen MR) is 244 cm³/mol. The van der Waals surface area contributed by atoms with Gasteiger partial charge in [-0.2, -0.15) is 0 Å². The highest BCUT2D eigenvalue weighted by Gasteiger charge is 2.17. The van der Waals surface area contributed by atoms with Gasteiger partial charge in [0.1, 0.15) is 0 Å². The Balaban J connectivity index is 3.49. The SMILES string of the molecule is CCCCC/C=C/CC/C=C/CC/C=C/C(O)C(CO)NC(=O)CCCCCCCCCCCCCCCC/C=C\CCCCCCCCCCCCCC. The molecule has 0 aliphatic heterocycles. The minimum absolute atomic E-state index is 0.0779. The number of hydrogen-bond donors (Lipinski definition) is 3. The van der Waals surface area contributed by atoms with Gasteiger partial charge < -0.3 is 15.5 Å². The van der Waals surface area contributed by atoms with E-state index in [1.54, 1.807) is 6.08 Å². The number of aliphatic hydroxyl groups is 2. The van der Waals surface area contributed by atoms with Gasteiger partial charge in [-0.05, 0) is 70.6 Å². The number of nitrogens with one attached hydrogen (secondary N) is 1. The van der Waals surface area contributed by atoms with E-state index in [0.29, 0.717) is 6.42 Å². The molecule has 0 aliphatic rings. The van der Waals surface area contributed by atoms with Crippen LogP contribution in [0.2, 0.25) is 0 Å². The average Bonchev–Trinajstić information content (AvgIpc) is 3.19. The number of carbonyl (C=O) groups excluding carboxylic acids is 1. The summed E-state index contributed by atoms with van der Waals surface area (Å²) in [4.78, 5) is 12.4. The number of allylic oxidation sites excluding steroid dienone is 7. The Kier molecular flexibility index (Phi) is 45.3. The lowest BCUT2D eigenvalue weighted by atomic mass is 10.0. The summed E-state index contributed by atoms with van der Waals surface area (Å²) in [6.07, 6.45) is 63.9. The van der Waals surface area contributed by atoms with Crippen molar-refractivity contribution in [3.05, 3.63) is 48.6 Å². The van der Waals surface area contributed by atoms with Gasteiger partial charge in [0.15, 0.2) is 0 Å². The van der Waals surface area contributed by atoms with Gasteiger partial charge in [0.05, 0.1) is 18.8 Å². The third kappa shape index (κ3) is 43.3. The van der Waals surface area contributed by atoms with E-state index in [2.05, 4.69) is 55.6 Å². The highest BCUT2D eigenvalue weighted by molar-refractivity contribution is 5.76. The van der Waals surface area contributed by atoms with E-state index in [0.717, 1.165) is 38.5 Å². The number of unbranched alkanes of at least 4 members (excludes halogenated alkanes) is 31. The molecular weight excluding hydrogens is 675 g/mol. The van der Waals surface area contributed by atoms with E-state index < -0.39 is 12.1 Å². The Hall–Kier alpha value is -1.65. The molecule has 0 aromatic carbocycles. The fourth-order valence-electron chi connectivity index (χ4n) is 7.26. The summed E-state index contributed by atoms with van der Waals surface area (Å²) < 4.78 is 0. The molecule has 0 aliphatic carbocycles. The normalized spacial score (nSPS) is 13.3. The van der Waals surface area contributed by atoms with E-state index in [-0.39, 0.29) is 12.5 Å². The van der Waals surface area contributed by atoms with Gasteiger partial charge in [0, 0.05) is 6.42 Å². The first-order valence-electron chi connectivity index (χ1n) is 24.4. The van der Waals surface area contributed by atoms with Gasteiger partial charge in [-0.25, -0.2) is 0 Å². The molecule has 0 heterocycles. The van der Waals surface area contributed by atoms with E-state index >= 15 is 0 Å². The molecule has 0 aromatic rings. The third-order valence-corrected chi connectivity index (χ3v) is 11.0. The third-order valence-electron chi connectivity index (χ3n) is 11.0. The van der Waals surface area contributed by atoms with Crippen molar-refractivity contribution in [2.75, 3.05) is 6.61 Å². The maximum Gasteiger partial charge on any atom is 0.220 e. The molecule has 1 amide bonds. The van der Waals surface area contributed by atoms with E-state index in [4.69, 9.17) is 0 Å². The lowest BCUT2D eigenvalue weighted by Gasteiger charge is -2.19. The number of carbonyl (C=O) groups is 1. The molecule has 55 heavy (non-hydrogen) atoms. The van der Waals surface area contributed by atoms with Crippen LogP contribution in [0.5, 0.6) is 0 Å². The Morgan fingerprint density at radius 2 is 0.709 bits per heavy atom. The van der Waals surface area contributed by atoms with Gasteiger partial charge in [-0.3, -0.25) is 4.79 Å². The Labute approximate surface area is 344 Å². The highest BCUT2D eigenvalue weighted by atomic mass is 16.3. The van der Waals surface area contributed by atoms with Crippen LogP contribution in [-0.4, -0.2) is 34.9 Å². The Morgan fingerprint density at radius 3 is 1.09 bits per heavy atom. The van der Waals surface area contributed by atoms with Crippen molar-refractivity contribution < 1.29 is 15.0 Å². The van der Waals surface area contributed by atoms with Crippen LogP contribution in [0.1, 0.15) is 251 Å². The van der Waals surface area contributed by atoms with E-state index in [9.17, 15) is 15.0 Å². The van der Waals surface area contributed by atoms with Crippen LogP contribution in [0.4, 0.5) is 0 Å². The molecular formula is C51H95NO3. The van der Waals surface area contributed by atoms with Crippen LogP contribution < -0.4 is 5.32 Å². The molecule has 0 saturated heterocycles. The topological polar surface area (TPSA) is 69.6 Å². The molecule has 0 saturated carbocycles. The van der Waals surface area contributed by atoms with Crippen LogP contribution in [0, 0.1) is 0 Å². The quantitative estimate of drug-likeness (QED) is 0.0427. The summed E-state index contributed by atoms with van der Waals surface area (Å²) >= 11 is 0. The number of hydrogen-bond acceptors (Lipinski definition) is 3. The fourth-order valence-corrected chi connectivity index (χ4v) is 7.26. The van der Waals surface area contributed by atoms with Crippen molar-refractivity contribution in [1.29, 1.82) is 0 Å². The van der Waals surface area contributed by atoms with Crippen molar-refractivity contribution in [2.24, 2.45) is 0 Å². The summed E-state index contributed by atoms with van der Waals surface area (Å²) in [7, 11) is 0. The summed E-state index contributed by atoms with van der Waals surface area (Å²) in [5, 5.41) is 23.0. The maximum atomic E-state index is 12.4. The molecule has 3 N–H and O–H groups in total. The second kappa shape index (κ2) is 46.7. The van der Waals surface area contributed by atoms with Gasteiger partial charge >= 0.3 is 0 Å². The summed E-state index contributed by atoms with van der Waals surface area (Å²) in [5.74, 6) is -0.0779. The lowest BCUT2D eigenvalue weighted by molar-refractivity contribution is -0.123. The molecule has 4 nitrogen and oxygen atoms in total. The zero-order chi connectivity index (χ0) is 40.0. The van der Waals surface area contributed by atoms with Crippen LogP contribution in [0.25, 0.3) is 0 Å². The smallest absolute Gasteiger partial charge is 0.220 e. The van der Waals surface area contributed by atoms with Crippen molar-refractivity contribution in [3.63, 3.8) is 0 Å². The molecule has 0 spiro atoms. The summed E-state index contributed by atoms with van der Waals surface area (Å²) in [5.41, 5.74) is 0. The molecule has 2 unspecified atom stereocenters. The second-order valence-corrected chi connectivity index (χ2v) is 16.5.